The van der Waals surface area contributed by atoms with Crippen LogP contribution in [0.4, 0.5) is 5.82 Å². The second-order valence-corrected chi connectivity index (χ2v) is 7.69. The van der Waals surface area contributed by atoms with Crippen LogP contribution in [-0.4, -0.2) is 46.6 Å². The third-order valence-electron chi connectivity index (χ3n) is 4.41. The SMILES string of the molecule is N#CCn1ccc(C(=O)c2cncnc2N[C@H]2CC[C@@H](COS(N)(=O)=O)C2)n1. The molecule has 3 N–H and O–H groups in total. The molecule has 2 heterocycles. The summed E-state index contributed by atoms with van der Waals surface area (Å²) in [5.74, 6) is 0.0678. The summed E-state index contributed by atoms with van der Waals surface area (Å²) in [5, 5.41) is 20.9. The minimum atomic E-state index is -3.95. The van der Waals surface area contributed by atoms with Crippen LogP contribution in [-0.2, 0) is 21.0 Å². The van der Waals surface area contributed by atoms with E-state index in [2.05, 4.69) is 24.6 Å². The summed E-state index contributed by atoms with van der Waals surface area (Å²) < 4.78 is 27.9. The molecule has 0 radical (unpaired) electrons. The highest BCUT2D eigenvalue weighted by atomic mass is 32.2. The first-order valence-electron chi connectivity index (χ1n) is 8.54. The fourth-order valence-corrected chi connectivity index (χ4v) is 3.52. The molecule has 0 bridgehead atoms. The van der Waals surface area contributed by atoms with Crippen molar-refractivity contribution >= 4 is 21.9 Å². The number of nitrogens with zero attached hydrogens (tertiary/aromatic N) is 5. The summed E-state index contributed by atoms with van der Waals surface area (Å²) in [5.41, 5.74) is 0.466. The fraction of sp³-hybridized carbons (Fsp3) is 0.438. The van der Waals surface area contributed by atoms with E-state index in [1.165, 1.54) is 23.3 Å². The van der Waals surface area contributed by atoms with Gasteiger partial charge in [0, 0.05) is 18.4 Å². The lowest BCUT2D eigenvalue weighted by molar-refractivity contribution is 0.103. The van der Waals surface area contributed by atoms with Gasteiger partial charge in [-0.25, -0.2) is 15.1 Å². The zero-order valence-corrected chi connectivity index (χ0v) is 15.7. The molecular formula is C16H19N7O4S. The fourth-order valence-electron chi connectivity index (χ4n) is 3.13. The maximum atomic E-state index is 12.8. The first kappa shape index (κ1) is 19.9. The highest BCUT2D eigenvalue weighted by Gasteiger charge is 2.28. The smallest absolute Gasteiger partial charge is 0.333 e. The average molecular weight is 405 g/mol. The zero-order chi connectivity index (χ0) is 20.1. The van der Waals surface area contributed by atoms with Gasteiger partial charge in [-0.05, 0) is 31.2 Å². The van der Waals surface area contributed by atoms with Gasteiger partial charge in [0.05, 0.1) is 18.2 Å². The minimum absolute atomic E-state index is 0.00618. The van der Waals surface area contributed by atoms with Crippen LogP contribution in [0.5, 0.6) is 0 Å². The quantitative estimate of drug-likeness (QED) is 0.584. The number of anilines is 1. The maximum Gasteiger partial charge on any atom is 0.333 e. The number of nitriles is 1. The van der Waals surface area contributed by atoms with Gasteiger partial charge in [0.1, 0.15) is 24.4 Å². The second kappa shape index (κ2) is 8.42. The molecule has 0 spiro atoms. The number of nitrogens with one attached hydrogen (secondary N) is 1. The van der Waals surface area contributed by atoms with Gasteiger partial charge < -0.3 is 5.32 Å². The Kier molecular flexibility index (Phi) is 5.98. The lowest BCUT2D eigenvalue weighted by atomic mass is 10.1. The van der Waals surface area contributed by atoms with Crippen LogP contribution < -0.4 is 10.5 Å². The lowest BCUT2D eigenvalue weighted by Gasteiger charge is -2.15. The number of carbonyl (C=O) groups excluding carboxylic acids is 1. The monoisotopic (exact) mass is 405 g/mol. The molecule has 0 aliphatic heterocycles. The van der Waals surface area contributed by atoms with Gasteiger partial charge in [0.25, 0.3) is 0 Å². The van der Waals surface area contributed by atoms with Crippen LogP contribution in [0.2, 0.25) is 0 Å². The Labute approximate surface area is 161 Å². The molecule has 2 atom stereocenters. The third-order valence-corrected chi connectivity index (χ3v) is 4.88. The molecule has 1 fully saturated rings. The molecule has 0 saturated heterocycles. The number of aromatic nitrogens is 4. The van der Waals surface area contributed by atoms with Crippen molar-refractivity contribution in [3.63, 3.8) is 0 Å². The number of rotatable bonds is 8. The minimum Gasteiger partial charge on any atom is -0.367 e. The summed E-state index contributed by atoms with van der Waals surface area (Å²) in [4.78, 5) is 20.8. The van der Waals surface area contributed by atoms with Gasteiger partial charge in [0.2, 0.25) is 5.78 Å². The first-order chi connectivity index (χ1) is 13.4. The molecule has 11 nitrogen and oxygen atoms in total. The van der Waals surface area contributed by atoms with E-state index in [9.17, 15) is 13.2 Å². The van der Waals surface area contributed by atoms with E-state index >= 15 is 0 Å². The average Bonchev–Trinajstić information content (AvgIpc) is 3.29. The molecule has 1 saturated carbocycles. The topological polar surface area (TPSA) is 166 Å². The van der Waals surface area contributed by atoms with Crippen LogP contribution in [0, 0.1) is 17.2 Å². The van der Waals surface area contributed by atoms with Crippen LogP contribution in [0.15, 0.2) is 24.8 Å². The number of hydrogen-bond acceptors (Lipinski definition) is 9. The molecule has 12 heteroatoms. The number of ketones is 1. The number of carbonyl (C=O) groups is 1. The van der Waals surface area contributed by atoms with Crippen molar-refractivity contribution in [2.75, 3.05) is 11.9 Å². The molecule has 1 aliphatic rings. The Hall–Kier alpha value is -2.88. The van der Waals surface area contributed by atoms with E-state index in [1.54, 1.807) is 6.20 Å². The summed E-state index contributed by atoms with van der Waals surface area (Å²) in [6.45, 7) is 0.0800. The van der Waals surface area contributed by atoms with Gasteiger partial charge in [-0.2, -0.15) is 18.8 Å². The first-order valence-corrected chi connectivity index (χ1v) is 10.0. The van der Waals surface area contributed by atoms with E-state index in [-0.39, 0.29) is 42.2 Å². The van der Waals surface area contributed by atoms with Crippen LogP contribution in [0.25, 0.3) is 0 Å². The normalized spacial score (nSPS) is 19.3. The van der Waals surface area contributed by atoms with Gasteiger partial charge in [0.15, 0.2) is 0 Å². The summed E-state index contributed by atoms with van der Waals surface area (Å²) in [6.07, 6.45) is 6.50. The molecule has 2 aromatic heterocycles. The maximum absolute atomic E-state index is 12.8. The predicted molar refractivity (Wildman–Crippen MR) is 97.1 cm³/mol. The molecule has 3 rings (SSSR count). The number of nitrogens with two attached hydrogens (primary N) is 1. The summed E-state index contributed by atoms with van der Waals surface area (Å²) in [7, 11) is -3.95. The standard InChI is InChI=1S/C16H19N7O4S/c17-4-6-23-5-3-14(22-23)15(24)13-8-19-10-20-16(13)21-12-2-1-11(7-12)9-27-28(18,25)26/h3,5,8,10-12H,1-2,6-7,9H2,(H2,18,25,26)(H,19,20,21)/t11-,12+/m1/s1. The Morgan fingerprint density at radius 2 is 2.29 bits per heavy atom. The van der Waals surface area contributed by atoms with E-state index in [0.717, 1.165) is 12.8 Å². The zero-order valence-electron chi connectivity index (χ0n) is 14.9. The van der Waals surface area contributed by atoms with E-state index in [4.69, 9.17) is 10.4 Å². The van der Waals surface area contributed by atoms with E-state index in [0.29, 0.717) is 12.2 Å². The molecule has 0 unspecified atom stereocenters. The van der Waals surface area contributed by atoms with E-state index in [1.807, 2.05) is 6.07 Å². The molecule has 148 valence electrons. The van der Waals surface area contributed by atoms with Crippen molar-refractivity contribution in [2.45, 2.75) is 31.8 Å². The molecule has 1 aliphatic carbocycles. The molecule has 0 amide bonds. The highest BCUT2D eigenvalue weighted by Crippen LogP contribution is 2.29. The van der Waals surface area contributed by atoms with Gasteiger partial charge in [-0.3, -0.25) is 13.7 Å². The number of hydrogen-bond donors (Lipinski definition) is 2. The summed E-state index contributed by atoms with van der Waals surface area (Å²) >= 11 is 0. The Balaban J connectivity index is 1.67. The molecule has 0 aromatic carbocycles. The van der Waals surface area contributed by atoms with Gasteiger partial charge >= 0.3 is 10.3 Å². The van der Waals surface area contributed by atoms with Crippen molar-refractivity contribution in [1.82, 2.24) is 19.7 Å². The van der Waals surface area contributed by atoms with Crippen LogP contribution >= 0.6 is 0 Å². The van der Waals surface area contributed by atoms with Crippen molar-refractivity contribution in [1.29, 1.82) is 5.26 Å². The molecular weight excluding hydrogens is 386 g/mol. The van der Waals surface area contributed by atoms with Crippen molar-refractivity contribution < 1.29 is 17.4 Å². The van der Waals surface area contributed by atoms with Gasteiger partial charge in [-0.1, -0.05) is 0 Å². The predicted octanol–water partition coefficient (Wildman–Crippen LogP) is 0.228. The van der Waals surface area contributed by atoms with Crippen molar-refractivity contribution in [3.05, 3.63) is 36.0 Å². The second-order valence-electron chi connectivity index (χ2n) is 6.47. The molecule has 2 aromatic rings. The Bertz CT molecular complexity index is 998. The highest BCUT2D eigenvalue weighted by molar-refractivity contribution is 7.84. The van der Waals surface area contributed by atoms with Crippen LogP contribution in [0.3, 0.4) is 0 Å². The largest absolute Gasteiger partial charge is 0.367 e. The Morgan fingerprint density at radius 1 is 1.46 bits per heavy atom. The van der Waals surface area contributed by atoms with Crippen LogP contribution in [0.1, 0.15) is 35.3 Å². The van der Waals surface area contributed by atoms with Gasteiger partial charge in [-0.15, -0.1) is 0 Å². The van der Waals surface area contributed by atoms with Crippen molar-refractivity contribution in [2.24, 2.45) is 11.1 Å². The summed E-state index contributed by atoms with van der Waals surface area (Å²) in [6, 6.07) is 3.50. The Morgan fingerprint density at radius 3 is 3.04 bits per heavy atom. The lowest BCUT2D eigenvalue weighted by Crippen LogP contribution is -2.22. The third kappa shape index (κ3) is 5.10. The van der Waals surface area contributed by atoms with Crippen molar-refractivity contribution in [3.8, 4) is 6.07 Å². The van der Waals surface area contributed by atoms with E-state index < -0.39 is 10.3 Å². The molecule has 28 heavy (non-hydrogen) atoms.